The van der Waals surface area contributed by atoms with E-state index in [2.05, 4.69) is 10.6 Å². The summed E-state index contributed by atoms with van der Waals surface area (Å²) < 4.78 is 13.7. The van der Waals surface area contributed by atoms with Crippen LogP contribution in [0, 0.1) is 5.82 Å². The SMILES string of the molecule is CCC(NCCC(=O)NC1CC1)c1ccccc1F. The number of amides is 1. The van der Waals surface area contributed by atoms with Gasteiger partial charge in [0.25, 0.3) is 0 Å². The Morgan fingerprint density at radius 1 is 1.42 bits per heavy atom. The van der Waals surface area contributed by atoms with E-state index in [0.29, 0.717) is 24.6 Å². The molecular weight excluding hydrogens is 243 g/mol. The molecule has 2 N–H and O–H groups in total. The summed E-state index contributed by atoms with van der Waals surface area (Å²) in [4.78, 5) is 11.5. The van der Waals surface area contributed by atoms with Crippen molar-refractivity contribution in [2.45, 2.75) is 44.7 Å². The maximum atomic E-state index is 13.7. The molecule has 0 saturated heterocycles. The third-order valence-electron chi connectivity index (χ3n) is 3.37. The van der Waals surface area contributed by atoms with Crippen molar-refractivity contribution in [1.29, 1.82) is 0 Å². The van der Waals surface area contributed by atoms with E-state index in [1.807, 2.05) is 13.0 Å². The van der Waals surface area contributed by atoms with Gasteiger partial charge < -0.3 is 10.6 Å². The molecule has 19 heavy (non-hydrogen) atoms. The summed E-state index contributed by atoms with van der Waals surface area (Å²) in [5.41, 5.74) is 0.674. The van der Waals surface area contributed by atoms with Crippen LogP contribution in [0.2, 0.25) is 0 Å². The molecule has 4 heteroatoms. The van der Waals surface area contributed by atoms with Gasteiger partial charge in [0.15, 0.2) is 0 Å². The van der Waals surface area contributed by atoms with Crippen LogP contribution in [0.15, 0.2) is 24.3 Å². The first-order valence-corrected chi connectivity index (χ1v) is 6.98. The number of benzene rings is 1. The topological polar surface area (TPSA) is 41.1 Å². The Morgan fingerprint density at radius 2 is 2.16 bits per heavy atom. The van der Waals surface area contributed by atoms with Crippen LogP contribution in [0.1, 0.15) is 44.2 Å². The molecule has 0 radical (unpaired) electrons. The minimum absolute atomic E-state index is 0.0325. The fraction of sp³-hybridized carbons (Fsp3) is 0.533. The lowest BCUT2D eigenvalue weighted by molar-refractivity contribution is -0.121. The van der Waals surface area contributed by atoms with Crippen molar-refractivity contribution in [1.82, 2.24) is 10.6 Å². The van der Waals surface area contributed by atoms with Crippen LogP contribution in [0.4, 0.5) is 4.39 Å². The van der Waals surface area contributed by atoms with Crippen LogP contribution in [0.3, 0.4) is 0 Å². The molecule has 1 aliphatic carbocycles. The van der Waals surface area contributed by atoms with Crippen molar-refractivity contribution in [2.75, 3.05) is 6.54 Å². The summed E-state index contributed by atoms with van der Waals surface area (Å²) in [6, 6.07) is 7.16. The highest BCUT2D eigenvalue weighted by atomic mass is 19.1. The van der Waals surface area contributed by atoms with Gasteiger partial charge in [-0.2, -0.15) is 0 Å². The molecule has 1 saturated carbocycles. The van der Waals surface area contributed by atoms with Crippen molar-refractivity contribution >= 4 is 5.91 Å². The maximum absolute atomic E-state index is 13.7. The summed E-state index contributed by atoms with van der Waals surface area (Å²) in [6.45, 7) is 2.58. The molecule has 0 aromatic heterocycles. The molecule has 1 amide bonds. The van der Waals surface area contributed by atoms with Crippen LogP contribution in [0.5, 0.6) is 0 Å². The number of carbonyl (C=O) groups excluding carboxylic acids is 1. The summed E-state index contributed by atoms with van der Waals surface area (Å²) in [6.07, 6.45) is 3.45. The van der Waals surface area contributed by atoms with Gasteiger partial charge in [0, 0.05) is 30.6 Å². The van der Waals surface area contributed by atoms with Crippen molar-refractivity contribution in [3.8, 4) is 0 Å². The lowest BCUT2D eigenvalue weighted by atomic mass is 10.0. The summed E-state index contributed by atoms with van der Waals surface area (Å²) >= 11 is 0. The Kier molecular flexibility index (Phi) is 4.91. The second-order valence-corrected chi connectivity index (χ2v) is 5.03. The Labute approximate surface area is 113 Å². The number of nitrogens with one attached hydrogen (secondary N) is 2. The fourth-order valence-corrected chi connectivity index (χ4v) is 2.12. The molecule has 0 bridgehead atoms. The second kappa shape index (κ2) is 6.66. The molecule has 0 spiro atoms. The second-order valence-electron chi connectivity index (χ2n) is 5.03. The van der Waals surface area contributed by atoms with Gasteiger partial charge in [0.05, 0.1) is 0 Å². The minimum atomic E-state index is -0.190. The summed E-state index contributed by atoms with van der Waals surface area (Å²) in [5.74, 6) is -0.109. The van der Waals surface area contributed by atoms with Gasteiger partial charge >= 0.3 is 0 Å². The maximum Gasteiger partial charge on any atom is 0.221 e. The normalized spacial score (nSPS) is 16.1. The highest BCUT2D eigenvalue weighted by Crippen LogP contribution is 2.20. The van der Waals surface area contributed by atoms with Crippen molar-refractivity contribution < 1.29 is 9.18 Å². The van der Waals surface area contributed by atoms with Crippen LogP contribution in [-0.2, 0) is 4.79 Å². The number of hydrogen-bond donors (Lipinski definition) is 2. The molecular formula is C15H21FN2O. The average Bonchev–Trinajstić information content (AvgIpc) is 3.20. The van der Waals surface area contributed by atoms with Crippen LogP contribution < -0.4 is 10.6 Å². The predicted octanol–water partition coefficient (Wildman–Crippen LogP) is 2.54. The van der Waals surface area contributed by atoms with Crippen LogP contribution in [0.25, 0.3) is 0 Å². The van der Waals surface area contributed by atoms with Gasteiger partial charge in [0.2, 0.25) is 5.91 Å². The van der Waals surface area contributed by atoms with E-state index in [4.69, 9.17) is 0 Å². The smallest absolute Gasteiger partial charge is 0.221 e. The number of halogens is 1. The van der Waals surface area contributed by atoms with Crippen molar-refractivity contribution in [2.24, 2.45) is 0 Å². The van der Waals surface area contributed by atoms with Crippen LogP contribution in [-0.4, -0.2) is 18.5 Å². The molecule has 104 valence electrons. The fourth-order valence-electron chi connectivity index (χ4n) is 2.12. The molecule has 1 aliphatic rings. The molecule has 1 unspecified atom stereocenters. The van der Waals surface area contributed by atoms with Crippen LogP contribution >= 0.6 is 0 Å². The van der Waals surface area contributed by atoms with Gasteiger partial charge in [-0.3, -0.25) is 4.79 Å². The largest absolute Gasteiger partial charge is 0.353 e. The molecule has 1 atom stereocenters. The Hall–Kier alpha value is -1.42. The van der Waals surface area contributed by atoms with Gasteiger partial charge in [-0.05, 0) is 25.3 Å². The standard InChI is InChI=1S/C15H21FN2O/c1-2-14(12-5-3-4-6-13(12)16)17-10-9-15(19)18-11-7-8-11/h3-6,11,14,17H,2,7-10H2,1H3,(H,18,19). The lowest BCUT2D eigenvalue weighted by Crippen LogP contribution is -2.30. The first-order chi connectivity index (χ1) is 9.20. The predicted molar refractivity (Wildman–Crippen MR) is 73.2 cm³/mol. The zero-order valence-electron chi connectivity index (χ0n) is 11.3. The Morgan fingerprint density at radius 3 is 2.79 bits per heavy atom. The molecule has 2 rings (SSSR count). The Balaban J connectivity index is 1.79. The molecule has 1 aromatic carbocycles. The van der Waals surface area contributed by atoms with E-state index < -0.39 is 0 Å². The molecule has 3 nitrogen and oxygen atoms in total. The van der Waals surface area contributed by atoms with E-state index in [-0.39, 0.29) is 17.8 Å². The number of rotatable bonds is 7. The van der Waals surface area contributed by atoms with Gasteiger partial charge in [-0.15, -0.1) is 0 Å². The Bertz CT molecular complexity index is 432. The van der Waals surface area contributed by atoms with Gasteiger partial charge in [-0.25, -0.2) is 4.39 Å². The summed E-state index contributed by atoms with van der Waals surface area (Å²) in [5, 5.41) is 6.19. The summed E-state index contributed by atoms with van der Waals surface area (Å²) in [7, 11) is 0. The molecule has 0 heterocycles. The first-order valence-electron chi connectivity index (χ1n) is 6.98. The quantitative estimate of drug-likeness (QED) is 0.794. The number of carbonyl (C=O) groups is 1. The van der Waals surface area contributed by atoms with E-state index in [9.17, 15) is 9.18 Å². The molecule has 1 aromatic rings. The van der Waals surface area contributed by atoms with E-state index in [0.717, 1.165) is 19.3 Å². The van der Waals surface area contributed by atoms with E-state index >= 15 is 0 Å². The van der Waals surface area contributed by atoms with Crippen molar-refractivity contribution in [3.63, 3.8) is 0 Å². The van der Waals surface area contributed by atoms with Gasteiger partial charge in [0.1, 0.15) is 5.82 Å². The van der Waals surface area contributed by atoms with E-state index in [1.54, 1.807) is 12.1 Å². The molecule has 0 aliphatic heterocycles. The number of hydrogen-bond acceptors (Lipinski definition) is 2. The highest BCUT2D eigenvalue weighted by Gasteiger charge is 2.23. The lowest BCUT2D eigenvalue weighted by Gasteiger charge is -2.18. The first kappa shape index (κ1) is 14.0. The van der Waals surface area contributed by atoms with Gasteiger partial charge in [-0.1, -0.05) is 25.1 Å². The zero-order chi connectivity index (χ0) is 13.7. The molecule has 1 fully saturated rings. The third kappa shape index (κ3) is 4.31. The van der Waals surface area contributed by atoms with E-state index in [1.165, 1.54) is 6.07 Å². The average molecular weight is 264 g/mol. The monoisotopic (exact) mass is 264 g/mol. The zero-order valence-corrected chi connectivity index (χ0v) is 11.3. The minimum Gasteiger partial charge on any atom is -0.353 e. The third-order valence-corrected chi connectivity index (χ3v) is 3.37. The van der Waals surface area contributed by atoms with Crippen molar-refractivity contribution in [3.05, 3.63) is 35.6 Å². The highest BCUT2D eigenvalue weighted by molar-refractivity contribution is 5.76.